The van der Waals surface area contributed by atoms with Gasteiger partial charge < -0.3 is 4.42 Å². The van der Waals surface area contributed by atoms with Crippen molar-refractivity contribution in [3.63, 3.8) is 0 Å². The Morgan fingerprint density at radius 3 is 2.67 bits per heavy atom. The maximum atomic E-state index is 11.9. The molecule has 7 heteroatoms. The number of thioether (sulfide) groups is 1. The van der Waals surface area contributed by atoms with E-state index in [2.05, 4.69) is 10.5 Å². The number of hydrazone groups is 1. The van der Waals surface area contributed by atoms with E-state index in [-0.39, 0.29) is 11.7 Å². The molecule has 138 valence electrons. The first-order valence-electron chi connectivity index (χ1n) is 8.08. The van der Waals surface area contributed by atoms with Crippen LogP contribution in [0.15, 0.2) is 69.0 Å². The minimum atomic E-state index is -0.190. The van der Waals surface area contributed by atoms with Gasteiger partial charge in [-0.1, -0.05) is 40.9 Å². The van der Waals surface area contributed by atoms with Gasteiger partial charge in [-0.15, -0.1) is 11.8 Å². The molecule has 0 aliphatic carbocycles. The van der Waals surface area contributed by atoms with Crippen LogP contribution in [0, 0.1) is 6.92 Å². The van der Waals surface area contributed by atoms with Crippen LogP contribution in [0.25, 0.3) is 11.3 Å². The first-order chi connectivity index (χ1) is 13.0. The number of nitrogens with zero attached hydrogens (tertiary/aromatic N) is 1. The van der Waals surface area contributed by atoms with Gasteiger partial charge in [0.15, 0.2) is 0 Å². The lowest BCUT2D eigenvalue weighted by Crippen LogP contribution is -2.19. The number of amides is 1. The lowest BCUT2D eigenvalue weighted by Gasteiger charge is -2.01. The van der Waals surface area contributed by atoms with Crippen LogP contribution in [0.2, 0.25) is 10.0 Å². The predicted octanol–water partition coefficient (Wildman–Crippen LogP) is 5.80. The van der Waals surface area contributed by atoms with Gasteiger partial charge in [-0.2, -0.15) is 5.10 Å². The molecule has 3 rings (SSSR count). The molecule has 0 atom stereocenters. The Hall–Kier alpha value is -2.21. The largest absolute Gasteiger partial charge is 0.455 e. The van der Waals surface area contributed by atoms with Crippen molar-refractivity contribution in [3.05, 3.63) is 76.0 Å². The van der Waals surface area contributed by atoms with Crippen molar-refractivity contribution >= 4 is 47.1 Å². The molecule has 0 saturated carbocycles. The topological polar surface area (TPSA) is 54.6 Å². The molecule has 3 aromatic rings. The summed E-state index contributed by atoms with van der Waals surface area (Å²) in [7, 11) is 0. The molecule has 4 nitrogen and oxygen atoms in total. The molecule has 1 aromatic heterocycles. The number of rotatable bonds is 6. The van der Waals surface area contributed by atoms with E-state index >= 15 is 0 Å². The molecular formula is C20H16Cl2N2O2S. The number of nitrogens with one attached hydrogen (secondary N) is 1. The van der Waals surface area contributed by atoms with Crippen molar-refractivity contribution in [2.45, 2.75) is 11.8 Å². The van der Waals surface area contributed by atoms with Crippen molar-refractivity contribution < 1.29 is 9.21 Å². The molecule has 27 heavy (non-hydrogen) atoms. The van der Waals surface area contributed by atoms with E-state index in [0.717, 1.165) is 10.5 Å². The predicted molar refractivity (Wildman–Crippen MR) is 112 cm³/mol. The molecule has 0 unspecified atom stereocenters. The molecule has 1 heterocycles. The van der Waals surface area contributed by atoms with Gasteiger partial charge in [0.1, 0.15) is 11.5 Å². The Morgan fingerprint density at radius 2 is 1.93 bits per heavy atom. The van der Waals surface area contributed by atoms with E-state index in [1.54, 1.807) is 30.3 Å². The number of carbonyl (C=O) groups is 1. The lowest BCUT2D eigenvalue weighted by atomic mass is 10.2. The standard InChI is InChI=1S/C20H16Cl2N2O2S/c1-13-2-6-16(7-3-13)27-12-20(25)24-23-11-15-5-9-19(26-15)17-8-4-14(21)10-18(17)22/h2-11H,12H2,1H3,(H,24,25)/b23-11+. The maximum absolute atomic E-state index is 11.9. The number of furan rings is 1. The highest BCUT2D eigenvalue weighted by molar-refractivity contribution is 8.00. The second kappa shape index (κ2) is 9.13. The summed E-state index contributed by atoms with van der Waals surface area (Å²) >= 11 is 13.5. The van der Waals surface area contributed by atoms with Gasteiger partial charge in [-0.25, -0.2) is 5.43 Å². The normalized spacial score (nSPS) is 11.1. The molecule has 2 aromatic carbocycles. The van der Waals surface area contributed by atoms with Crippen LogP contribution < -0.4 is 5.43 Å². The number of hydrogen-bond donors (Lipinski definition) is 1. The van der Waals surface area contributed by atoms with Crippen LogP contribution >= 0.6 is 35.0 Å². The Kier molecular flexibility index (Phi) is 6.61. The SMILES string of the molecule is Cc1ccc(SCC(=O)N/N=C/c2ccc(-c3ccc(Cl)cc3Cl)o2)cc1. The van der Waals surface area contributed by atoms with E-state index in [9.17, 15) is 4.79 Å². The summed E-state index contributed by atoms with van der Waals surface area (Å²) in [5.74, 6) is 1.19. The molecule has 0 aliphatic heterocycles. The summed E-state index contributed by atoms with van der Waals surface area (Å²) in [6.07, 6.45) is 1.45. The Balaban J connectivity index is 1.53. The second-order valence-electron chi connectivity index (χ2n) is 5.72. The number of aryl methyl sites for hydroxylation is 1. The van der Waals surface area contributed by atoms with E-state index in [1.807, 2.05) is 31.2 Å². The van der Waals surface area contributed by atoms with Crippen LogP contribution in [0.3, 0.4) is 0 Å². The summed E-state index contributed by atoms with van der Waals surface area (Å²) in [6, 6.07) is 16.7. The lowest BCUT2D eigenvalue weighted by molar-refractivity contribution is -0.118. The number of benzene rings is 2. The van der Waals surface area contributed by atoms with Crippen molar-refractivity contribution in [3.8, 4) is 11.3 Å². The quantitative estimate of drug-likeness (QED) is 0.312. The number of halogens is 2. The Morgan fingerprint density at radius 1 is 1.15 bits per heavy atom. The third-order valence-corrected chi connectivity index (χ3v) is 5.16. The highest BCUT2D eigenvalue weighted by Gasteiger charge is 2.08. The van der Waals surface area contributed by atoms with Crippen LogP contribution in [-0.2, 0) is 4.79 Å². The summed E-state index contributed by atoms with van der Waals surface area (Å²) in [5.41, 5.74) is 4.41. The third kappa shape index (κ3) is 5.63. The summed E-state index contributed by atoms with van der Waals surface area (Å²) in [6.45, 7) is 2.02. The molecule has 0 radical (unpaired) electrons. The number of hydrogen-bond acceptors (Lipinski definition) is 4. The minimum absolute atomic E-state index is 0.190. The maximum Gasteiger partial charge on any atom is 0.250 e. The van der Waals surface area contributed by atoms with Gasteiger partial charge in [0, 0.05) is 15.5 Å². The van der Waals surface area contributed by atoms with Gasteiger partial charge in [0.25, 0.3) is 0 Å². The van der Waals surface area contributed by atoms with E-state index in [1.165, 1.54) is 23.5 Å². The molecule has 0 fully saturated rings. The molecule has 0 spiro atoms. The van der Waals surface area contributed by atoms with Gasteiger partial charge in [-0.05, 0) is 49.4 Å². The van der Waals surface area contributed by atoms with Crippen molar-refractivity contribution in [1.29, 1.82) is 0 Å². The first kappa shape index (κ1) is 19.5. The summed E-state index contributed by atoms with van der Waals surface area (Å²) < 4.78 is 5.68. The fraction of sp³-hybridized carbons (Fsp3) is 0.100. The van der Waals surface area contributed by atoms with Gasteiger partial charge in [0.05, 0.1) is 17.0 Å². The molecular weight excluding hydrogens is 403 g/mol. The fourth-order valence-electron chi connectivity index (χ4n) is 2.24. The number of carbonyl (C=O) groups excluding carboxylic acids is 1. The van der Waals surface area contributed by atoms with Crippen molar-refractivity contribution in [1.82, 2.24) is 5.43 Å². The molecule has 0 bridgehead atoms. The van der Waals surface area contributed by atoms with Gasteiger partial charge in [-0.3, -0.25) is 4.79 Å². The molecule has 1 N–H and O–H groups in total. The third-order valence-electron chi connectivity index (χ3n) is 3.60. The zero-order chi connectivity index (χ0) is 19.2. The van der Waals surface area contributed by atoms with Crippen LogP contribution in [0.1, 0.15) is 11.3 Å². The van der Waals surface area contributed by atoms with Gasteiger partial charge in [0.2, 0.25) is 5.91 Å². The van der Waals surface area contributed by atoms with Crippen molar-refractivity contribution in [2.75, 3.05) is 5.75 Å². The Bertz CT molecular complexity index is 968. The van der Waals surface area contributed by atoms with Crippen LogP contribution in [0.4, 0.5) is 0 Å². The average Bonchev–Trinajstić information content (AvgIpc) is 3.10. The zero-order valence-corrected chi connectivity index (χ0v) is 16.7. The highest BCUT2D eigenvalue weighted by atomic mass is 35.5. The smallest absolute Gasteiger partial charge is 0.250 e. The average molecular weight is 419 g/mol. The minimum Gasteiger partial charge on any atom is -0.455 e. The Labute approximate surface area is 171 Å². The van der Waals surface area contributed by atoms with Crippen molar-refractivity contribution in [2.24, 2.45) is 5.10 Å². The zero-order valence-electron chi connectivity index (χ0n) is 14.4. The van der Waals surface area contributed by atoms with Gasteiger partial charge >= 0.3 is 0 Å². The van der Waals surface area contributed by atoms with E-state index in [4.69, 9.17) is 27.6 Å². The summed E-state index contributed by atoms with van der Waals surface area (Å²) in [5, 5.41) is 4.99. The molecule has 1 amide bonds. The second-order valence-corrected chi connectivity index (χ2v) is 7.61. The molecule has 0 saturated heterocycles. The fourth-order valence-corrected chi connectivity index (χ4v) is 3.43. The van der Waals surface area contributed by atoms with Crippen LogP contribution in [-0.4, -0.2) is 17.9 Å². The monoisotopic (exact) mass is 418 g/mol. The highest BCUT2D eigenvalue weighted by Crippen LogP contribution is 2.31. The van der Waals surface area contributed by atoms with E-state index < -0.39 is 0 Å². The van der Waals surface area contributed by atoms with E-state index in [0.29, 0.717) is 21.6 Å². The first-order valence-corrected chi connectivity index (χ1v) is 9.82. The van der Waals surface area contributed by atoms with Crippen LogP contribution in [0.5, 0.6) is 0 Å². The molecule has 0 aliphatic rings. The summed E-state index contributed by atoms with van der Waals surface area (Å²) in [4.78, 5) is 12.9.